The summed E-state index contributed by atoms with van der Waals surface area (Å²) < 4.78 is 10.3. The second-order valence-corrected chi connectivity index (χ2v) is 6.73. The van der Waals surface area contributed by atoms with Crippen molar-refractivity contribution in [2.45, 2.75) is 32.6 Å². The summed E-state index contributed by atoms with van der Waals surface area (Å²) in [5, 5.41) is 6.56. The van der Waals surface area contributed by atoms with Crippen LogP contribution in [0.5, 0.6) is 0 Å². The van der Waals surface area contributed by atoms with Gasteiger partial charge in [-0.3, -0.25) is 4.99 Å². The van der Waals surface area contributed by atoms with E-state index in [1.807, 2.05) is 0 Å². The Labute approximate surface area is 170 Å². The predicted molar refractivity (Wildman–Crippen MR) is 116 cm³/mol. The van der Waals surface area contributed by atoms with Crippen LogP contribution < -0.4 is 10.6 Å². The Balaban J connectivity index is 0.00000576. The number of ether oxygens (including phenoxy) is 2. The van der Waals surface area contributed by atoms with Crippen molar-refractivity contribution in [3.8, 4) is 0 Å². The van der Waals surface area contributed by atoms with E-state index in [2.05, 4.69) is 60.7 Å². The van der Waals surface area contributed by atoms with Gasteiger partial charge < -0.3 is 20.1 Å². The molecule has 0 fully saturated rings. The highest BCUT2D eigenvalue weighted by Crippen LogP contribution is 2.22. The van der Waals surface area contributed by atoms with E-state index in [9.17, 15) is 0 Å². The third kappa shape index (κ3) is 10.7. The van der Waals surface area contributed by atoms with Gasteiger partial charge in [-0.2, -0.15) is 0 Å². The normalized spacial score (nSPS) is 11.8. The van der Waals surface area contributed by atoms with Crippen molar-refractivity contribution in [1.82, 2.24) is 10.6 Å². The highest BCUT2D eigenvalue weighted by Gasteiger charge is 2.12. The average molecular weight is 463 g/mol. The first-order chi connectivity index (χ1) is 11.5. The zero-order valence-electron chi connectivity index (χ0n) is 16.2. The van der Waals surface area contributed by atoms with E-state index in [1.165, 1.54) is 11.1 Å². The van der Waals surface area contributed by atoms with Crippen molar-refractivity contribution >= 4 is 29.9 Å². The second kappa shape index (κ2) is 13.4. The van der Waals surface area contributed by atoms with Crippen LogP contribution in [0.4, 0.5) is 0 Å². The molecule has 0 aromatic heterocycles. The van der Waals surface area contributed by atoms with Gasteiger partial charge in [0.15, 0.2) is 5.96 Å². The summed E-state index contributed by atoms with van der Waals surface area (Å²) in [7, 11) is 3.45. The largest absolute Gasteiger partial charge is 0.382 e. The van der Waals surface area contributed by atoms with Crippen LogP contribution in [-0.2, 0) is 21.3 Å². The standard InChI is InChI=1S/C19H33N3O2.HI/c1-19(2,3)17-8-6-16(7-9-17)10-11-21-18(20-4)22-12-13-24-15-14-23-5;/h6-9H,10-15H2,1-5H3,(H2,20,21,22);1H. The van der Waals surface area contributed by atoms with Gasteiger partial charge in [0.2, 0.25) is 0 Å². The third-order valence-corrected chi connectivity index (χ3v) is 3.72. The zero-order chi connectivity index (χ0) is 17.8. The number of nitrogens with zero attached hydrogens (tertiary/aromatic N) is 1. The molecule has 25 heavy (non-hydrogen) atoms. The summed E-state index contributed by atoms with van der Waals surface area (Å²) >= 11 is 0. The maximum Gasteiger partial charge on any atom is 0.191 e. The average Bonchev–Trinajstić information content (AvgIpc) is 2.56. The lowest BCUT2D eigenvalue weighted by atomic mass is 9.86. The van der Waals surface area contributed by atoms with Crippen LogP contribution in [0.2, 0.25) is 0 Å². The lowest BCUT2D eigenvalue weighted by Crippen LogP contribution is -2.39. The Morgan fingerprint density at radius 3 is 2.20 bits per heavy atom. The number of halogens is 1. The number of aliphatic imine (C=N–C) groups is 1. The third-order valence-electron chi connectivity index (χ3n) is 3.72. The fourth-order valence-electron chi connectivity index (χ4n) is 2.20. The molecule has 144 valence electrons. The number of methoxy groups -OCH3 is 1. The molecule has 6 heteroatoms. The maximum absolute atomic E-state index is 5.41. The topological polar surface area (TPSA) is 54.9 Å². The minimum absolute atomic E-state index is 0. The van der Waals surface area contributed by atoms with E-state index < -0.39 is 0 Å². The molecule has 0 atom stereocenters. The molecular weight excluding hydrogens is 429 g/mol. The van der Waals surface area contributed by atoms with Crippen LogP contribution in [0.15, 0.2) is 29.3 Å². The monoisotopic (exact) mass is 463 g/mol. The first-order valence-corrected chi connectivity index (χ1v) is 8.58. The van der Waals surface area contributed by atoms with Crippen molar-refractivity contribution in [3.05, 3.63) is 35.4 Å². The number of hydrogen-bond donors (Lipinski definition) is 2. The summed E-state index contributed by atoms with van der Waals surface area (Å²) in [6, 6.07) is 8.86. The van der Waals surface area contributed by atoms with E-state index >= 15 is 0 Å². The predicted octanol–water partition coefficient (Wildman–Crippen LogP) is 2.97. The lowest BCUT2D eigenvalue weighted by molar-refractivity contribution is 0.0733. The molecule has 0 saturated heterocycles. The van der Waals surface area contributed by atoms with Gasteiger partial charge in [-0.15, -0.1) is 24.0 Å². The first-order valence-electron chi connectivity index (χ1n) is 8.58. The molecule has 0 aliphatic heterocycles. The molecule has 0 amide bonds. The molecule has 0 heterocycles. The Kier molecular flexibility index (Phi) is 12.9. The molecule has 2 N–H and O–H groups in total. The molecule has 0 spiro atoms. The fraction of sp³-hybridized carbons (Fsp3) is 0.632. The minimum atomic E-state index is 0. The molecule has 0 unspecified atom stereocenters. The summed E-state index contributed by atoms with van der Waals surface area (Å²) in [5.74, 6) is 0.802. The molecule has 1 rings (SSSR count). The van der Waals surface area contributed by atoms with Gasteiger partial charge in [0.1, 0.15) is 0 Å². The van der Waals surface area contributed by atoms with Crippen LogP contribution in [0.1, 0.15) is 31.9 Å². The molecule has 0 aliphatic carbocycles. The molecule has 0 aliphatic rings. The zero-order valence-corrected chi connectivity index (χ0v) is 18.6. The Bertz CT molecular complexity index is 484. The van der Waals surface area contributed by atoms with Gasteiger partial charge in [0.05, 0.1) is 19.8 Å². The van der Waals surface area contributed by atoms with Crippen LogP contribution in [0, 0.1) is 0 Å². The Morgan fingerprint density at radius 2 is 1.64 bits per heavy atom. The first kappa shape index (κ1) is 24.1. The molecule has 5 nitrogen and oxygen atoms in total. The highest BCUT2D eigenvalue weighted by molar-refractivity contribution is 14.0. The minimum Gasteiger partial charge on any atom is -0.382 e. The van der Waals surface area contributed by atoms with Crippen molar-refractivity contribution < 1.29 is 9.47 Å². The number of rotatable bonds is 9. The van der Waals surface area contributed by atoms with Gasteiger partial charge in [-0.05, 0) is 23.0 Å². The molecule has 1 aromatic rings. The van der Waals surface area contributed by atoms with Gasteiger partial charge >= 0.3 is 0 Å². The van der Waals surface area contributed by atoms with E-state index in [0.29, 0.717) is 19.8 Å². The SMILES string of the molecule is CN=C(NCCOCCOC)NCCc1ccc(C(C)(C)C)cc1.I. The molecule has 0 bridgehead atoms. The summed E-state index contributed by atoms with van der Waals surface area (Å²) in [4.78, 5) is 4.21. The smallest absolute Gasteiger partial charge is 0.191 e. The maximum atomic E-state index is 5.41. The molecular formula is C19H34IN3O2. The van der Waals surface area contributed by atoms with Crippen molar-refractivity contribution in [1.29, 1.82) is 0 Å². The van der Waals surface area contributed by atoms with Gasteiger partial charge in [-0.1, -0.05) is 45.0 Å². The molecule has 0 radical (unpaired) electrons. The van der Waals surface area contributed by atoms with Gasteiger partial charge in [-0.25, -0.2) is 0 Å². The van der Waals surface area contributed by atoms with Crippen LogP contribution in [0.25, 0.3) is 0 Å². The second-order valence-electron chi connectivity index (χ2n) is 6.73. The van der Waals surface area contributed by atoms with E-state index in [1.54, 1.807) is 14.2 Å². The van der Waals surface area contributed by atoms with Crippen molar-refractivity contribution in [2.24, 2.45) is 4.99 Å². The number of benzene rings is 1. The van der Waals surface area contributed by atoms with Crippen LogP contribution in [-0.4, -0.2) is 53.0 Å². The summed E-state index contributed by atoms with van der Waals surface area (Å²) in [6.45, 7) is 10.2. The van der Waals surface area contributed by atoms with E-state index in [4.69, 9.17) is 9.47 Å². The Hall–Kier alpha value is -0.860. The highest BCUT2D eigenvalue weighted by atomic mass is 127. The van der Waals surface area contributed by atoms with Crippen LogP contribution >= 0.6 is 24.0 Å². The number of nitrogens with one attached hydrogen (secondary N) is 2. The van der Waals surface area contributed by atoms with Crippen molar-refractivity contribution in [2.75, 3.05) is 47.1 Å². The number of guanidine groups is 1. The van der Waals surface area contributed by atoms with E-state index in [0.717, 1.165) is 25.5 Å². The van der Waals surface area contributed by atoms with Gasteiger partial charge in [0, 0.05) is 27.2 Å². The molecule has 1 aromatic carbocycles. The van der Waals surface area contributed by atoms with E-state index in [-0.39, 0.29) is 29.4 Å². The lowest BCUT2D eigenvalue weighted by Gasteiger charge is -2.19. The van der Waals surface area contributed by atoms with Crippen LogP contribution in [0.3, 0.4) is 0 Å². The number of hydrogen-bond acceptors (Lipinski definition) is 3. The summed E-state index contributed by atoms with van der Waals surface area (Å²) in [5.41, 5.74) is 2.90. The fourth-order valence-corrected chi connectivity index (χ4v) is 2.20. The quantitative estimate of drug-likeness (QED) is 0.256. The van der Waals surface area contributed by atoms with Crippen molar-refractivity contribution in [3.63, 3.8) is 0 Å². The summed E-state index contributed by atoms with van der Waals surface area (Å²) in [6.07, 6.45) is 0.968. The van der Waals surface area contributed by atoms with Gasteiger partial charge in [0.25, 0.3) is 0 Å². The molecule has 0 saturated carbocycles. The Morgan fingerprint density at radius 1 is 1.00 bits per heavy atom.